The molecular formula is C9H9N3OS. The molecule has 14 heavy (non-hydrogen) atoms. The van der Waals surface area contributed by atoms with Crippen LogP contribution in [0.4, 0.5) is 5.69 Å². The van der Waals surface area contributed by atoms with E-state index >= 15 is 0 Å². The van der Waals surface area contributed by atoms with Gasteiger partial charge in [-0.25, -0.2) is 0 Å². The molecule has 0 atom stereocenters. The smallest absolute Gasteiger partial charge is 0.152 e. The first-order valence-electron chi connectivity index (χ1n) is 4.12. The van der Waals surface area contributed by atoms with Crippen molar-refractivity contribution >= 4 is 34.7 Å². The number of hydrogen-bond acceptors (Lipinski definition) is 5. The molecule has 0 N–H and O–H groups in total. The zero-order valence-electron chi connectivity index (χ0n) is 7.89. The van der Waals surface area contributed by atoms with Crippen LogP contribution in [0.1, 0.15) is 10.4 Å². The van der Waals surface area contributed by atoms with E-state index in [-0.39, 0.29) is 0 Å². The summed E-state index contributed by atoms with van der Waals surface area (Å²) < 4.78 is 8.28. The van der Waals surface area contributed by atoms with Crippen LogP contribution in [0.15, 0.2) is 12.1 Å². The van der Waals surface area contributed by atoms with Gasteiger partial charge in [0.15, 0.2) is 6.29 Å². The van der Waals surface area contributed by atoms with E-state index in [9.17, 15) is 4.79 Å². The summed E-state index contributed by atoms with van der Waals surface area (Å²) in [6.45, 7) is 0. The summed E-state index contributed by atoms with van der Waals surface area (Å²) in [5, 5.41) is 0. The van der Waals surface area contributed by atoms with Crippen molar-refractivity contribution in [3.63, 3.8) is 0 Å². The SMILES string of the molecule is CN(C)c1ccc(C=O)c2nsnc12. The topological polar surface area (TPSA) is 46.1 Å². The van der Waals surface area contributed by atoms with E-state index in [1.165, 1.54) is 0 Å². The molecule has 0 radical (unpaired) electrons. The lowest BCUT2D eigenvalue weighted by molar-refractivity contribution is 0.112. The minimum absolute atomic E-state index is 0.597. The molecule has 0 spiro atoms. The zero-order chi connectivity index (χ0) is 10.1. The fourth-order valence-corrected chi connectivity index (χ4v) is 1.90. The predicted octanol–water partition coefficient (Wildman–Crippen LogP) is 1.57. The molecule has 72 valence electrons. The highest BCUT2D eigenvalue weighted by Crippen LogP contribution is 2.25. The van der Waals surface area contributed by atoms with Gasteiger partial charge in [0, 0.05) is 19.7 Å². The van der Waals surface area contributed by atoms with Crippen molar-refractivity contribution in [2.75, 3.05) is 19.0 Å². The van der Waals surface area contributed by atoms with Gasteiger partial charge in [0.25, 0.3) is 0 Å². The van der Waals surface area contributed by atoms with Crippen LogP contribution < -0.4 is 4.90 Å². The van der Waals surface area contributed by atoms with Crippen molar-refractivity contribution in [1.29, 1.82) is 0 Å². The van der Waals surface area contributed by atoms with Crippen molar-refractivity contribution in [2.24, 2.45) is 0 Å². The Morgan fingerprint density at radius 2 is 2.00 bits per heavy atom. The van der Waals surface area contributed by atoms with Crippen molar-refractivity contribution < 1.29 is 4.79 Å². The molecule has 0 aliphatic carbocycles. The zero-order valence-corrected chi connectivity index (χ0v) is 8.71. The summed E-state index contributed by atoms with van der Waals surface area (Å²) in [6, 6.07) is 3.65. The maximum Gasteiger partial charge on any atom is 0.152 e. The molecule has 4 nitrogen and oxygen atoms in total. The van der Waals surface area contributed by atoms with Crippen LogP contribution in [0.3, 0.4) is 0 Å². The van der Waals surface area contributed by atoms with Gasteiger partial charge in [0.1, 0.15) is 11.0 Å². The van der Waals surface area contributed by atoms with Gasteiger partial charge in [-0.05, 0) is 12.1 Å². The van der Waals surface area contributed by atoms with Gasteiger partial charge in [0.05, 0.1) is 17.4 Å². The maximum atomic E-state index is 10.7. The van der Waals surface area contributed by atoms with E-state index in [0.717, 1.165) is 29.2 Å². The number of benzene rings is 1. The Labute approximate surface area is 85.5 Å². The second kappa shape index (κ2) is 3.34. The predicted molar refractivity (Wildman–Crippen MR) is 57.1 cm³/mol. The van der Waals surface area contributed by atoms with Crippen molar-refractivity contribution in [2.45, 2.75) is 0 Å². The molecule has 0 amide bonds. The van der Waals surface area contributed by atoms with Crippen LogP contribution >= 0.6 is 11.7 Å². The van der Waals surface area contributed by atoms with E-state index in [0.29, 0.717) is 11.1 Å². The standard InChI is InChI=1S/C9H9N3OS/c1-12(2)7-4-3-6(5-13)8-9(7)11-14-10-8/h3-5H,1-2H3. The third-order valence-electron chi connectivity index (χ3n) is 2.03. The van der Waals surface area contributed by atoms with Gasteiger partial charge in [-0.1, -0.05) is 0 Å². The number of anilines is 1. The molecule has 0 fully saturated rings. The normalized spacial score (nSPS) is 10.4. The van der Waals surface area contributed by atoms with Crippen LogP contribution in [0, 0.1) is 0 Å². The minimum Gasteiger partial charge on any atom is -0.376 e. The molecule has 0 aliphatic rings. The minimum atomic E-state index is 0.597. The van der Waals surface area contributed by atoms with Gasteiger partial charge in [-0.2, -0.15) is 8.75 Å². The maximum absolute atomic E-state index is 10.7. The second-order valence-corrected chi connectivity index (χ2v) is 3.68. The molecule has 1 aromatic carbocycles. The summed E-state index contributed by atoms with van der Waals surface area (Å²) in [6.07, 6.45) is 0.809. The summed E-state index contributed by atoms with van der Waals surface area (Å²) >= 11 is 1.13. The van der Waals surface area contributed by atoms with Crippen LogP contribution in [0.25, 0.3) is 11.0 Å². The Bertz CT molecular complexity index is 478. The number of aromatic nitrogens is 2. The number of carbonyl (C=O) groups is 1. The molecule has 2 rings (SSSR count). The Balaban J connectivity index is 2.78. The second-order valence-electron chi connectivity index (χ2n) is 3.15. The highest BCUT2D eigenvalue weighted by Gasteiger charge is 2.10. The van der Waals surface area contributed by atoms with Gasteiger partial charge < -0.3 is 4.90 Å². The summed E-state index contributed by atoms with van der Waals surface area (Å²) in [5.74, 6) is 0. The number of carbonyl (C=O) groups excluding carboxylic acids is 1. The summed E-state index contributed by atoms with van der Waals surface area (Å²) in [7, 11) is 3.88. The molecule has 5 heteroatoms. The highest BCUT2D eigenvalue weighted by molar-refractivity contribution is 7.00. The van der Waals surface area contributed by atoms with Gasteiger partial charge in [0.2, 0.25) is 0 Å². The quantitative estimate of drug-likeness (QED) is 0.701. The fraction of sp³-hybridized carbons (Fsp3) is 0.222. The molecule has 1 heterocycles. The van der Waals surface area contributed by atoms with Crippen molar-refractivity contribution in [3.05, 3.63) is 17.7 Å². The van der Waals surface area contributed by atoms with E-state index in [2.05, 4.69) is 8.75 Å². The first-order valence-corrected chi connectivity index (χ1v) is 4.85. The fourth-order valence-electron chi connectivity index (χ4n) is 1.33. The molecule has 0 unspecified atom stereocenters. The largest absolute Gasteiger partial charge is 0.376 e. The molecule has 0 bridgehead atoms. The Morgan fingerprint density at radius 3 is 2.64 bits per heavy atom. The molecular weight excluding hydrogens is 198 g/mol. The average Bonchev–Trinajstić information content (AvgIpc) is 2.64. The number of nitrogens with zero attached hydrogens (tertiary/aromatic N) is 3. The van der Waals surface area contributed by atoms with Crippen LogP contribution in [-0.2, 0) is 0 Å². The lowest BCUT2D eigenvalue weighted by Gasteiger charge is -2.12. The summed E-state index contributed by atoms with van der Waals surface area (Å²) in [5.41, 5.74) is 3.07. The van der Waals surface area contributed by atoms with Gasteiger partial charge in [-0.3, -0.25) is 4.79 Å². The molecule has 0 saturated carbocycles. The van der Waals surface area contributed by atoms with Crippen LogP contribution in [0.2, 0.25) is 0 Å². The Hall–Kier alpha value is -1.49. The monoisotopic (exact) mass is 207 g/mol. The van der Waals surface area contributed by atoms with Gasteiger partial charge >= 0.3 is 0 Å². The van der Waals surface area contributed by atoms with E-state index in [4.69, 9.17) is 0 Å². The first kappa shape index (κ1) is 9.08. The van der Waals surface area contributed by atoms with Crippen LogP contribution in [0.5, 0.6) is 0 Å². The van der Waals surface area contributed by atoms with Crippen molar-refractivity contribution in [3.8, 4) is 0 Å². The van der Waals surface area contributed by atoms with E-state index in [1.807, 2.05) is 25.1 Å². The number of aldehydes is 1. The Kier molecular flexibility index (Phi) is 2.17. The molecule has 0 aliphatic heterocycles. The third-order valence-corrected chi connectivity index (χ3v) is 2.56. The van der Waals surface area contributed by atoms with E-state index < -0.39 is 0 Å². The lowest BCUT2D eigenvalue weighted by atomic mass is 10.1. The third kappa shape index (κ3) is 1.26. The molecule has 2 aromatic rings. The van der Waals surface area contributed by atoms with Crippen molar-refractivity contribution in [1.82, 2.24) is 8.75 Å². The summed E-state index contributed by atoms with van der Waals surface area (Å²) in [4.78, 5) is 12.7. The average molecular weight is 207 g/mol. The number of hydrogen-bond donors (Lipinski definition) is 0. The van der Waals surface area contributed by atoms with E-state index in [1.54, 1.807) is 6.07 Å². The highest BCUT2D eigenvalue weighted by atomic mass is 32.1. The lowest BCUT2D eigenvalue weighted by Crippen LogP contribution is -2.09. The number of rotatable bonds is 2. The Morgan fingerprint density at radius 1 is 1.29 bits per heavy atom. The molecule has 0 saturated heterocycles. The van der Waals surface area contributed by atoms with Crippen LogP contribution in [-0.4, -0.2) is 29.1 Å². The first-order chi connectivity index (χ1) is 6.74. The van der Waals surface area contributed by atoms with Gasteiger partial charge in [-0.15, -0.1) is 0 Å². The number of fused-ring (bicyclic) bond motifs is 1. The molecule has 1 aromatic heterocycles.